The van der Waals surface area contributed by atoms with Crippen LogP contribution < -0.4 is 0 Å². The van der Waals surface area contributed by atoms with Crippen LogP contribution in [0.1, 0.15) is 26.2 Å². The van der Waals surface area contributed by atoms with Gasteiger partial charge in [-0.25, -0.2) is 0 Å². The number of hydrogen-bond acceptors (Lipinski definition) is 1. The Labute approximate surface area is 76.6 Å². The first-order valence-corrected chi connectivity index (χ1v) is 7.97. The van der Waals surface area contributed by atoms with E-state index in [4.69, 9.17) is 0 Å². The minimum atomic E-state index is -1.21. The summed E-state index contributed by atoms with van der Waals surface area (Å²) in [6.07, 6.45) is 2.03. The normalized spacial score (nSPS) is 10.3. The summed E-state index contributed by atoms with van der Waals surface area (Å²) in [4.78, 5) is 10.9. The Kier molecular flexibility index (Phi) is 4.92. The lowest BCUT2D eigenvalue weighted by atomic mass is 10.2. The molecule has 0 unspecified atom stereocenters. The molecule has 0 heterocycles. The zero-order valence-corrected chi connectivity index (χ0v) is 9.53. The van der Waals surface area contributed by atoms with Crippen LogP contribution in [0, 0.1) is 11.5 Å². The average Bonchev–Trinajstić information content (AvgIpc) is 1.96. The Morgan fingerprint density at radius 2 is 1.92 bits per heavy atom. The fraction of sp³-hybridized carbons (Fsp3) is 0.700. The number of rotatable bonds is 3. The molecule has 0 rings (SSSR count). The highest BCUT2D eigenvalue weighted by atomic mass is 28.3. The third-order valence-corrected chi connectivity index (χ3v) is 2.31. The summed E-state index contributed by atoms with van der Waals surface area (Å²) in [5.41, 5.74) is 3.24. The van der Waals surface area contributed by atoms with Gasteiger partial charge >= 0.3 is 0 Å². The van der Waals surface area contributed by atoms with Crippen LogP contribution in [0.3, 0.4) is 0 Å². The van der Waals surface area contributed by atoms with Crippen LogP contribution in [-0.4, -0.2) is 13.9 Å². The van der Waals surface area contributed by atoms with E-state index in [0.29, 0.717) is 18.6 Å². The minimum Gasteiger partial charge on any atom is -0.300 e. The second kappa shape index (κ2) is 5.16. The third-order valence-electron chi connectivity index (χ3n) is 1.39. The van der Waals surface area contributed by atoms with Crippen molar-refractivity contribution in [2.24, 2.45) is 0 Å². The fourth-order valence-electron chi connectivity index (χ4n) is 0.706. The van der Waals surface area contributed by atoms with Gasteiger partial charge in [-0.05, 0) is 0 Å². The molecule has 0 bridgehead atoms. The highest BCUT2D eigenvalue weighted by Gasteiger charge is 2.06. The van der Waals surface area contributed by atoms with Gasteiger partial charge in [-0.2, -0.15) is 0 Å². The molecule has 0 aliphatic carbocycles. The monoisotopic (exact) mass is 182 g/mol. The maximum Gasteiger partial charge on any atom is 0.133 e. The fourth-order valence-corrected chi connectivity index (χ4v) is 1.36. The van der Waals surface area contributed by atoms with Gasteiger partial charge in [0.15, 0.2) is 0 Å². The van der Waals surface area contributed by atoms with Crippen LogP contribution in [-0.2, 0) is 4.79 Å². The summed E-state index contributed by atoms with van der Waals surface area (Å²) in [6.45, 7) is 8.53. The topological polar surface area (TPSA) is 17.1 Å². The molecule has 0 atom stereocenters. The standard InChI is InChI=1S/C10H18OSi/c1-5-10(11)8-6-7-9-12(2,3)4/h5-6,8H2,1-4H3. The summed E-state index contributed by atoms with van der Waals surface area (Å²) >= 11 is 0. The van der Waals surface area contributed by atoms with E-state index < -0.39 is 8.07 Å². The molecule has 0 spiro atoms. The molecule has 0 aliphatic rings. The number of ketones is 1. The van der Waals surface area contributed by atoms with E-state index in [0.717, 1.165) is 6.42 Å². The molecule has 12 heavy (non-hydrogen) atoms. The highest BCUT2D eigenvalue weighted by Crippen LogP contribution is 1.98. The molecule has 1 nitrogen and oxygen atoms in total. The van der Waals surface area contributed by atoms with Gasteiger partial charge in [0.05, 0.1) is 0 Å². The molecule has 0 saturated carbocycles. The van der Waals surface area contributed by atoms with Crippen molar-refractivity contribution >= 4 is 13.9 Å². The molecular formula is C10H18OSi. The van der Waals surface area contributed by atoms with Gasteiger partial charge in [0, 0.05) is 19.3 Å². The van der Waals surface area contributed by atoms with Gasteiger partial charge < -0.3 is 0 Å². The third kappa shape index (κ3) is 7.55. The Bertz CT molecular complexity index is 202. The first kappa shape index (κ1) is 11.4. The van der Waals surface area contributed by atoms with E-state index in [9.17, 15) is 4.79 Å². The second-order valence-corrected chi connectivity index (χ2v) is 8.69. The van der Waals surface area contributed by atoms with Crippen molar-refractivity contribution in [1.29, 1.82) is 0 Å². The average molecular weight is 182 g/mol. The molecule has 0 amide bonds. The number of hydrogen-bond donors (Lipinski definition) is 0. The lowest BCUT2D eigenvalue weighted by molar-refractivity contribution is -0.118. The zero-order chi connectivity index (χ0) is 9.61. The summed E-state index contributed by atoms with van der Waals surface area (Å²) < 4.78 is 0. The highest BCUT2D eigenvalue weighted by molar-refractivity contribution is 6.83. The van der Waals surface area contributed by atoms with E-state index >= 15 is 0 Å². The first-order chi connectivity index (χ1) is 5.45. The van der Waals surface area contributed by atoms with Crippen LogP contribution >= 0.6 is 0 Å². The number of Topliss-reactive ketones (excluding diaryl/α,β-unsaturated/α-hetero) is 1. The first-order valence-electron chi connectivity index (χ1n) is 4.47. The van der Waals surface area contributed by atoms with Gasteiger partial charge in [0.1, 0.15) is 13.9 Å². The van der Waals surface area contributed by atoms with Crippen molar-refractivity contribution in [3.63, 3.8) is 0 Å². The van der Waals surface area contributed by atoms with Crippen LogP contribution in [0.15, 0.2) is 0 Å². The van der Waals surface area contributed by atoms with E-state index in [1.165, 1.54) is 0 Å². The predicted molar refractivity (Wildman–Crippen MR) is 55.7 cm³/mol. The summed E-state index contributed by atoms with van der Waals surface area (Å²) in [7, 11) is -1.21. The van der Waals surface area contributed by atoms with Gasteiger partial charge in [0.25, 0.3) is 0 Å². The molecule has 0 aromatic carbocycles. The Morgan fingerprint density at radius 3 is 2.33 bits per heavy atom. The van der Waals surface area contributed by atoms with Gasteiger partial charge in [0.2, 0.25) is 0 Å². The molecule has 68 valence electrons. The van der Waals surface area contributed by atoms with Crippen molar-refractivity contribution in [3.8, 4) is 11.5 Å². The van der Waals surface area contributed by atoms with Gasteiger partial charge in [-0.1, -0.05) is 26.6 Å². The van der Waals surface area contributed by atoms with Gasteiger partial charge in [-0.15, -0.1) is 11.5 Å². The second-order valence-electron chi connectivity index (χ2n) is 3.94. The molecule has 0 aromatic heterocycles. The van der Waals surface area contributed by atoms with E-state index in [1.54, 1.807) is 0 Å². The molecule has 0 fully saturated rings. The van der Waals surface area contributed by atoms with Crippen LogP contribution in [0.25, 0.3) is 0 Å². The maximum absolute atomic E-state index is 10.9. The SMILES string of the molecule is CCC(=O)CCC#C[Si](C)(C)C. The summed E-state index contributed by atoms with van der Waals surface area (Å²) in [5, 5.41) is 0. The minimum absolute atomic E-state index is 0.319. The Hall–Kier alpha value is -0.553. The van der Waals surface area contributed by atoms with Crippen LogP contribution in [0.4, 0.5) is 0 Å². The van der Waals surface area contributed by atoms with Crippen LogP contribution in [0.5, 0.6) is 0 Å². The van der Waals surface area contributed by atoms with Gasteiger partial charge in [-0.3, -0.25) is 4.79 Å². The van der Waals surface area contributed by atoms with E-state index in [-0.39, 0.29) is 0 Å². The van der Waals surface area contributed by atoms with Crippen molar-refractivity contribution < 1.29 is 4.79 Å². The predicted octanol–water partition coefficient (Wildman–Crippen LogP) is 2.63. The summed E-state index contributed by atoms with van der Waals surface area (Å²) in [5.74, 6) is 3.40. The lowest BCUT2D eigenvalue weighted by Gasteiger charge is -2.02. The molecule has 0 radical (unpaired) electrons. The smallest absolute Gasteiger partial charge is 0.133 e. The quantitative estimate of drug-likeness (QED) is 0.484. The van der Waals surface area contributed by atoms with E-state index in [2.05, 4.69) is 31.1 Å². The molecule has 0 saturated heterocycles. The number of carbonyl (C=O) groups excluding carboxylic acids is 1. The molecule has 0 aliphatic heterocycles. The molecular weight excluding hydrogens is 164 g/mol. The van der Waals surface area contributed by atoms with E-state index in [1.807, 2.05) is 6.92 Å². The zero-order valence-electron chi connectivity index (χ0n) is 8.53. The molecule has 0 N–H and O–H groups in total. The van der Waals surface area contributed by atoms with Crippen molar-refractivity contribution in [3.05, 3.63) is 0 Å². The van der Waals surface area contributed by atoms with Crippen molar-refractivity contribution in [2.45, 2.75) is 45.8 Å². The number of carbonyl (C=O) groups is 1. The Morgan fingerprint density at radius 1 is 1.33 bits per heavy atom. The maximum atomic E-state index is 10.9. The molecule has 0 aromatic rings. The Balaban J connectivity index is 3.67. The largest absolute Gasteiger partial charge is 0.300 e. The van der Waals surface area contributed by atoms with Crippen molar-refractivity contribution in [2.75, 3.05) is 0 Å². The van der Waals surface area contributed by atoms with Crippen LogP contribution in [0.2, 0.25) is 19.6 Å². The summed E-state index contributed by atoms with van der Waals surface area (Å²) in [6, 6.07) is 0. The van der Waals surface area contributed by atoms with Crippen molar-refractivity contribution in [1.82, 2.24) is 0 Å². The lowest BCUT2D eigenvalue weighted by Crippen LogP contribution is -2.16. The molecule has 2 heteroatoms.